The zero-order chi connectivity index (χ0) is 25.8. The monoisotopic (exact) mass is 662 g/mol. The van der Waals surface area contributed by atoms with Crippen LogP contribution in [0.3, 0.4) is 0 Å². The number of aliphatic imine (C=N–C) groups is 1. The van der Waals surface area contributed by atoms with E-state index in [2.05, 4.69) is 43.5 Å². The third kappa shape index (κ3) is 5.59. The van der Waals surface area contributed by atoms with Gasteiger partial charge in [0.2, 0.25) is 5.90 Å². The second-order valence-electron chi connectivity index (χ2n) is 7.69. The summed E-state index contributed by atoms with van der Waals surface area (Å²) in [5.74, 6) is 0.428. The van der Waals surface area contributed by atoms with Gasteiger partial charge in [-0.05, 0) is 88.3 Å². The number of carbonyl (C=O) groups excluding carboxylic acids is 1. The Labute approximate surface area is 229 Å². The van der Waals surface area contributed by atoms with Crippen LogP contribution < -0.4 is 9.47 Å². The van der Waals surface area contributed by atoms with E-state index in [1.165, 1.54) is 12.1 Å². The van der Waals surface area contributed by atoms with Crippen molar-refractivity contribution in [3.8, 4) is 11.5 Å². The van der Waals surface area contributed by atoms with Gasteiger partial charge in [0.05, 0.1) is 16.0 Å². The van der Waals surface area contributed by atoms with Gasteiger partial charge in [-0.15, -0.1) is 0 Å². The van der Waals surface area contributed by atoms with Crippen molar-refractivity contribution in [1.29, 1.82) is 0 Å². The highest BCUT2D eigenvalue weighted by molar-refractivity contribution is 14.1. The van der Waals surface area contributed by atoms with Crippen molar-refractivity contribution in [2.75, 3.05) is 6.61 Å². The summed E-state index contributed by atoms with van der Waals surface area (Å²) in [7, 11) is 0. The molecule has 4 rings (SSSR count). The average molecular weight is 663 g/mol. The highest BCUT2D eigenvalue weighted by atomic mass is 127. The molecular formula is C26H20BrIN2O6. The number of nitro benzene ring substituents is 1. The first-order chi connectivity index (χ1) is 17.3. The summed E-state index contributed by atoms with van der Waals surface area (Å²) in [6.07, 6.45) is 1.57. The van der Waals surface area contributed by atoms with E-state index >= 15 is 0 Å². The molecule has 0 unspecified atom stereocenters. The fraction of sp³-hybridized carbons (Fsp3) is 0.154. The molecule has 1 heterocycles. The first-order valence-corrected chi connectivity index (χ1v) is 12.7. The van der Waals surface area contributed by atoms with Crippen molar-refractivity contribution in [3.63, 3.8) is 0 Å². The molecule has 36 heavy (non-hydrogen) atoms. The largest absolute Gasteiger partial charge is 0.490 e. The van der Waals surface area contributed by atoms with Crippen LogP contribution in [0.4, 0.5) is 5.69 Å². The van der Waals surface area contributed by atoms with Gasteiger partial charge in [-0.1, -0.05) is 24.3 Å². The number of halogens is 2. The van der Waals surface area contributed by atoms with Gasteiger partial charge in [0.15, 0.2) is 17.2 Å². The normalized spacial score (nSPS) is 13.9. The van der Waals surface area contributed by atoms with E-state index in [0.29, 0.717) is 45.9 Å². The first kappa shape index (κ1) is 25.8. The summed E-state index contributed by atoms with van der Waals surface area (Å²) in [4.78, 5) is 27.6. The number of hydrogen-bond donors (Lipinski definition) is 0. The zero-order valence-corrected chi connectivity index (χ0v) is 23.0. The van der Waals surface area contributed by atoms with Crippen molar-refractivity contribution in [1.82, 2.24) is 0 Å². The third-order valence-electron chi connectivity index (χ3n) is 5.32. The first-order valence-electron chi connectivity index (χ1n) is 10.9. The molecule has 0 aliphatic carbocycles. The van der Waals surface area contributed by atoms with Gasteiger partial charge in [-0.2, -0.15) is 0 Å². The van der Waals surface area contributed by atoms with Gasteiger partial charge in [0.1, 0.15) is 6.61 Å². The Kier molecular flexibility index (Phi) is 8.04. The molecule has 3 aromatic rings. The van der Waals surface area contributed by atoms with E-state index in [4.69, 9.17) is 14.2 Å². The van der Waals surface area contributed by atoms with Crippen LogP contribution in [0, 0.1) is 20.6 Å². The lowest BCUT2D eigenvalue weighted by Gasteiger charge is -2.15. The summed E-state index contributed by atoms with van der Waals surface area (Å²) in [6.45, 7) is 4.24. The molecule has 184 valence electrons. The van der Waals surface area contributed by atoms with Crippen LogP contribution in [0.5, 0.6) is 11.5 Å². The van der Waals surface area contributed by atoms with E-state index in [1.807, 2.05) is 31.2 Å². The third-order valence-corrected chi connectivity index (χ3v) is 6.96. The maximum Gasteiger partial charge on any atom is 0.363 e. The predicted octanol–water partition coefficient (Wildman–Crippen LogP) is 6.59. The van der Waals surface area contributed by atoms with Crippen LogP contribution in [-0.4, -0.2) is 23.4 Å². The number of benzene rings is 3. The number of ether oxygens (including phenoxy) is 3. The average Bonchev–Trinajstić information content (AvgIpc) is 3.19. The maximum atomic E-state index is 12.5. The maximum absolute atomic E-state index is 12.5. The Balaban J connectivity index is 1.65. The fourth-order valence-corrected chi connectivity index (χ4v) is 4.69. The molecule has 0 fully saturated rings. The molecule has 10 heteroatoms. The molecule has 0 radical (unpaired) electrons. The molecule has 3 aromatic carbocycles. The Morgan fingerprint density at radius 2 is 1.94 bits per heavy atom. The van der Waals surface area contributed by atoms with E-state index in [9.17, 15) is 14.9 Å². The molecule has 0 amide bonds. The standard InChI is InChI=1S/C26H20BrIN2O6/c1-3-34-23-13-16(11-19(27)24(23)35-14-17-7-4-5-9-20(17)28)12-21-26(31)36-25(29-21)18-8-6-10-22(15(18)2)30(32)33/h4-13H,3,14H2,1-2H3/b21-12-. The number of rotatable bonds is 8. The van der Waals surface area contributed by atoms with Gasteiger partial charge < -0.3 is 14.2 Å². The Bertz CT molecular complexity index is 1420. The molecule has 0 bridgehead atoms. The lowest BCUT2D eigenvalue weighted by Crippen LogP contribution is -2.08. The van der Waals surface area contributed by atoms with E-state index in [-0.39, 0.29) is 17.3 Å². The number of esters is 1. The quantitative estimate of drug-likeness (QED) is 0.0887. The van der Waals surface area contributed by atoms with Crippen molar-refractivity contribution < 1.29 is 23.9 Å². The van der Waals surface area contributed by atoms with E-state index in [1.54, 1.807) is 31.2 Å². The smallest absolute Gasteiger partial charge is 0.363 e. The fourth-order valence-electron chi connectivity index (χ4n) is 3.57. The van der Waals surface area contributed by atoms with Gasteiger partial charge in [0, 0.05) is 26.3 Å². The number of nitro groups is 1. The minimum atomic E-state index is -0.649. The molecule has 1 aliphatic rings. The second kappa shape index (κ2) is 11.2. The van der Waals surface area contributed by atoms with Crippen molar-refractivity contribution in [2.45, 2.75) is 20.5 Å². The van der Waals surface area contributed by atoms with Gasteiger partial charge in [-0.25, -0.2) is 9.79 Å². The predicted molar refractivity (Wildman–Crippen MR) is 147 cm³/mol. The van der Waals surface area contributed by atoms with Crippen LogP contribution >= 0.6 is 38.5 Å². The van der Waals surface area contributed by atoms with Gasteiger partial charge >= 0.3 is 5.97 Å². The number of carbonyl (C=O) groups is 1. The molecule has 1 aliphatic heterocycles. The topological polar surface area (TPSA) is 100 Å². The lowest BCUT2D eigenvalue weighted by molar-refractivity contribution is -0.385. The number of cyclic esters (lactones) is 1. The SMILES string of the molecule is CCOc1cc(/C=C2\N=C(c3cccc([N+](=O)[O-])c3C)OC2=O)cc(Br)c1OCc1ccccc1I. The van der Waals surface area contributed by atoms with Crippen LogP contribution in [0.15, 0.2) is 69.8 Å². The van der Waals surface area contributed by atoms with Crippen molar-refractivity contribution in [2.24, 2.45) is 4.99 Å². The summed E-state index contributed by atoms with van der Waals surface area (Å²) in [6, 6.07) is 16.0. The van der Waals surface area contributed by atoms with Crippen LogP contribution in [-0.2, 0) is 16.1 Å². The molecule has 0 saturated carbocycles. The minimum Gasteiger partial charge on any atom is -0.490 e. The van der Waals surface area contributed by atoms with Crippen molar-refractivity contribution in [3.05, 3.63) is 101 Å². The van der Waals surface area contributed by atoms with E-state index in [0.717, 1.165) is 9.13 Å². The van der Waals surface area contributed by atoms with Crippen LogP contribution in [0.25, 0.3) is 6.08 Å². The highest BCUT2D eigenvalue weighted by Crippen LogP contribution is 2.38. The van der Waals surface area contributed by atoms with Crippen molar-refractivity contribution >= 4 is 62.2 Å². The van der Waals surface area contributed by atoms with Gasteiger partial charge in [0.25, 0.3) is 5.69 Å². The van der Waals surface area contributed by atoms with Crippen LogP contribution in [0.1, 0.15) is 29.2 Å². The summed E-state index contributed by atoms with van der Waals surface area (Å²) in [5, 5.41) is 11.3. The highest BCUT2D eigenvalue weighted by Gasteiger charge is 2.27. The Morgan fingerprint density at radius 1 is 1.17 bits per heavy atom. The molecule has 0 spiro atoms. The molecule has 8 nitrogen and oxygen atoms in total. The summed E-state index contributed by atoms with van der Waals surface area (Å²) >= 11 is 5.82. The summed E-state index contributed by atoms with van der Waals surface area (Å²) < 4.78 is 19.0. The van der Waals surface area contributed by atoms with E-state index < -0.39 is 10.9 Å². The minimum absolute atomic E-state index is 0.0222. The number of hydrogen-bond acceptors (Lipinski definition) is 7. The molecule has 0 aromatic heterocycles. The Morgan fingerprint density at radius 3 is 2.67 bits per heavy atom. The molecule has 0 saturated heterocycles. The molecular weight excluding hydrogens is 643 g/mol. The summed E-state index contributed by atoms with van der Waals surface area (Å²) in [5.41, 5.74) is 2.43. The lowest BCUT2D eigenvalue weighted by atomic mass is 10.1. The molecule has 0 N–H and O–H groups in total. The zero-order valence-electron chi connectivity index (χ0n) is 19.3. The van der Waals surface area contributed by atoms with Gasteiger partial charge in [-0.3, -0.25) is 10.1 Å². The van der Waals surface area contributed by atoms with Crippen LogP contribution in [0.2, 0.25) is 0 Å². The molecule has 0 atom stereocenters. The Hall–Kier alpha value is -3.25. The second-order valence-corrected chi connectivity index (χ2v) is 9.70. The number of nitrogens with zero attached hydrogens (tertiary/aromatic N) is 2.